The van der Waals surface area contributed by atoms with E-state index in [9.17, 15) is 9.59 Å². The minimum Gasteiger partial charge on any atom is -0.493 e. The van der Waals surface area contributed by atoms with E-state index in [4.69, 9.17) is 9.47 Å². The Labute approximate surface area is 167 Å². The summed E-state index contributed by atoms with van der Waals surface area (Å²) >= 11 is 0. The molecule has 3 rings (SSSR count). The first-order valence-corrected chi connectivity index (χ1v) is 10.4. The Morgan fingerprint density at radius 3 is 2.57 bits per heavy atom. The monoisotopic (exact) mass is 388 g/mol. The quantitative estimate of drug-likeness (QED) is 0.680. The van der Waals surface area contributed by atoms with Gasteiger partial charge in [-0.25, -0.2) is 0 Å². The van der Waals surface area contributed by atoms with Gasteiger partial charge in [-0.3, -0.25) is 9.59 Å². The molecule has 3 atom stereocenters. The molecule has 2 aliphatic rings. The molecule has 0 radical (unpaired) electrons. The molecule has 6 heteroatoms. The summed E-state index contributed by atoms with van der Waals surface area (Å²) in [6, 6.07) is 5.66. The Morgan fingerprint density at radius 2 is 1.93 bits per heavy atom. The van der Waals surface area contributed by atoms with Crippen molar-refractivity contribution in [2.75, 3.05) is 13.7 Å². The number of amides is 2. The SMILES string of the molecule is COc1cc(C(C)NC(=O)CCNC(=O)C2CC2C)ccc1OC1CCCC1. The first kappa shape index (κ1) is 20.5. The summed E-state index contributed by atoms with van der Waals surface area (Å²) in [4.78, 5) is 24.0. The normalized spacial score (nSPS) is 22.4. The average Bonchev–Trinajstić information content (AvgIpc) is 3.19. The second-order valence-corrected chi connectivity index (χ2v) is 8.08. The van der Waals surface area contributed by atoms with Crippen LogP contribution in [0.3, 0.4) is 0 Å². The maximum absolute atomic E-state index is 12.2. The molecule has 0 spiro atoms. The van der Waals surface area contributed by atoms with Crippen LogP contribution in [0.5, 0.6) is 11.5 Å². The highest BCUT2D eigenvalue weighted by atomic mass is 16.5. The topological polar surface area (TPSA) is 76.7 Å². The van der Waals surface area contributed by atoms with Crippen LogP contribution >= 0.6 is 0 Å². The highest BCUT2D eigenvalue weighted by Crippen LogP contribution is 2.37. The smallest absolute Gasteiger partial charge is 0.223 e. The van der Waals surface area contributed by atoms with Crippen molar-refractivity contribution in [3.05, 3.63) is 23.8 Å². The van der Waals surface area contributed by atoms with Crippen molar-refractivity contribution in [2.45, 2.75) is 64.5 Å². The molecule has 2 aliphatic carbocycles. The number of methoxy groups -OCH3 is 1. The largest absolute Gasteiger partial charge is 0.493 e. The van der Waals surface area contributed by atoms with Crippen LogP contribution in [0.2, 0.25) is 0 Å². The molecule has 0 aromatic heterocycles. The van der Waals surface area contributed by atoms with Crippen LogP contribution < -0.4 is 20.1 Å². The predicted octanol–water partition coefficient (Wildman–Crippen LogP) is 3.36. The molecule has 2 fully saturated rings. The van der Waals surface area contributed by atoms with E-state index in [1.54, 1.807) is 7.11 Å². The summed E-state index contributed by atoms with van der Waals surface area (Å²) < 4.78 is 11.6. The van der Waals surface area contributed by atoms with Crippen LogP contribution in [0.15, 0.2) is 18.2 Å². The third-order valence-corrected chi connectivity index (χ3v) is 5.76. The molecule has 2 N–H and O–H groups in total. The van der Waals surface area contributed by atoms with Gasteiger partial charge in [0, 0.05) is 18.9 Å². The van der Waals surface area contributed by atoms with Gasteiger partial charge < -0.3 is 20.1 Å². The highest BCUT2D eigenvalue weighted by molar-refractivity contribution is 5.82. The van der Waals surface area contributed by atoms with Crippen LogP contribution in [0.4, 0.5) is 0 Å². The van der Waals surface area contributed by atoms with Gasteiger partial charge >= 0.3 is 0 Å². The lowest BCUT2D eigenvalue weighted by Crippen LogP contribution is -2.32. The molecule has 28 heavy (non-hydrogen) atoms. The van der Waals surface area contributed by atoms with E-state index in [1.165, 1.54) is 12.8 Å². The van der Waals surface area contributed by atoms with Crippen LogP contribution in [0.25, 0.3) is 0 Å². The van der Waals surface area contributed by atoms with Gasteiger partial charge in [-0.2, -0.15) is 0 Å². The van der Waals surface area contributed by atoms with Gasteiger partial charge in [0.2, 0.25) is 11.8 Å². The molecule has 0 bridgehead atoms. The van der Waals surface area contributed by atoms with Gasteiger partial charge in [0.1, 0.15) is 0 Å². The third-order valence-electron chi connectivity index (χ3n) is 5.76. The number of carbonyl (C=O) groups excluding carboxylic acids is 2. The van der Waals surface area contributed by atoms with E-state index in [-0.39, 0.29) is 36.3 Å². The Balaban J connectivity index is 1.47. The number of hydrogen-bond donors (Lipinski definition) is 2. The molecule has 0 heterocycles. The fraction of sp³-hybridized carbons (Fsp3) is 0.636. The van der Waals surface area contributed by atoms with Crippen molar-refractivity contribution in [1.29, 1.82) is 0 Å². The van der Waals surface area contributed by atoms with Crippen LogP contribution in [-0.4, -0.2) is 31.6 Å². The fourth-order valence-corrected chi connectivity index (χ4v) is 3.75. The highest BCUT2D eigenvalue weighted by Gasteiger charge is 2.38. The first-order valence-electron chi connectivity index (χ1n) is 10.4. The van der Waals surface area contributed by atoms with Crippen molar-refractivity contribution in [3.8, 4) is 11.5 Å². The number of rotatable bonds is 9. The summed E-state index contributed by atoms with van der Waals surface area (Å²) in [5, 5.41) is 5.82. The van der Waals surface area contributed by atoms with E-state index in [2.05, 4.69) is 17.6 Å². The second kappa shape index (κ2) is 9.30. The Morgan fingerprint density at radius 1 is 1.21 bits per heavy atom. The number of benzene rings is 1. The van der Waals surface area contributed by atoms with Gasteiger partial charge in [0.25, 0.3) is 0 Å². The third kappa shape index (κ3) is 5.40. The summed E-state index contributed by atoms with van der Waals surface area (Å²) in [7, 11) is 1.63. The van der Waals surface area contributed by atoms with Crippen molar-refractivity contribution in [1.82, 2.24) is 10.6 Å². The van der Waals surface area contributed by atoms with E-state index < -0.39 is 0 Å². The maximum atomic E-state index is 12.2. The van der Waals surface area contributed by atoms with E-state index in [0.29, 0.717) is 18.2 Å². The number of ether oxygens (including phenoxy) is 2. The molecule has 1 aromatic carbocycles. The van der Waals surface area contributed by atoms with Crippen molar-refractivity contribution in [2.24, 2.45) is 11.8 Å². The lowest BCUT2D eigenvalue weighted by atomic mass is 10.1. The molecule has 2 saturated carbocycles. The lowest BCUT2D eigenvalue weighted by Gasteiger charge is -2.19. The maximum Gasteiger partial charge on any atom is 0.223 e. The average molecular weight is 389 g/mol. The molecule has 1 aromatic rings. The molecule has 0 saturated heterocycles. The zero-order chi connectivity index (χ0) is 20.1. The van der Waals surface area contributed by atoms with E-state index >= 15 is 0 Å². The number of hydrogen-bond acceptors (Lipinski definition) is 4. The molecule has 2 amide bonds. The number of carbonyl (C=O) groups is 2. The molecule has 3 unspecified atom stereocenters. The summed E-state index contributed by atoms with van der Waals surface area (Å²) in [5.41, 5.74) is 0.958. The summed E-state index contributed by atoms with van der Waals surface area (Å²) in [5.74, 6) is 2.05. The standard InChI is InChI=1S/C22H32N2O4/c1-14-12-18(14)22(26)23-11-10-21(25)24-15(2)16-8-9-19(20(13-16)27-3)28-17-6-4-5-7-17/h8-9,13-15,17-18H,4-7,10-12H2,1-3H3,(H,23,26)(H,24,25). The van der Waals surface area contributed by atoms with E-state index in [0.717, 1.165) is 30.6 Å². The Bertz CT molecular complexity index is 700. The fourth-order valence-electron chi connectivity index (χ4n) is 3.75. The second-order valence-electron chi connectivity index (χ2n) is 8.08. The van der Waals surface area contributed by atoms with Gasteiger partial charge in [-0.1, -0.05) is 13.0 Å². The first-order chi connectivity index (χ1) is 13.5. The number of nitrogens with one attached hydrogen (secondary N) is 2. The van der Waals surface area contributed by atoms with E-state index in [1.807, 2.05) is 25.1 Å². The van der Waals surface area contributed by atoms with Gasteiger partial charge in [0.05, 0.1) is 19.3 Å². The summed E-state index contributed by atoms with van der Waals surface area (Å²) in [6.45, 7) is 4.38. The minimum absolute atomic E-state index is 0.0657. The minimum atomic E-state index is -0.152. The van der Waals surface area contributed by atoms with Gasteiger partial charge in [-0.05, 0) is 62.6 Å². The zero-order valence-electron chi connectivity index (χ0n) is 17.1. The molecule has 6 nitrogen and oxygen atoms in total. The Hall–Kier alpha value is -2.24. The van der Waals surface area contributed by atoms with Gasteiger partial charge in [0.15, 0.2) is 11.5 Å². The van der Waals surface area contributed by atoms with Gasteiger partial charge in [-0.15, -0.1) is 0 Å². The summed E-state index contributed by atoms with van der Waals surface area (Å²) in [6.07, 6.45) is 6.11. The van der Waals surface area contributed by atoms with Crippen LogP contribution in [0.1, 0.15) is 64.0 Å². The predicted molar refractivity (Wildman–Crippen MR) is 107 cm³/mol. The van der Waals surface area contributed by atoms with Crippen molar-refractivity contribution >= 4 is 11.8 Å². The molecule has 154 valence electrons. The van der Waals surface area contributed by atoms with Crippen LogP contribution in [0, 0.1) is 11.8 Å². The van der Waals surface area contributed by atoms with Crippen molar-refractivity contribution in [3.63, 3.8) is 0 Å². The molecular formula is C22H32N2O4. The Kier molecular flexibility index (Phi) is 6.81. The zero-order valence-corrected chi connectivity index (χ0v) is 17.1. The van der Waals surface area contributed by atoms with Crippen LogP contribution in [-0.2, 0) is 9.59 Å². The lowest BCUT2D eigenvalue weighted by molar-refractivity contribution is -0.123. The molecule has 0 aliphatic heterocycles. The van der Waals surface area contributed by atoms with Crippen molar-refractivity contribution < 1.29 is 19.1 Å². The molecular weight excluding hydrogens is 356 g/mol.